The third kappa shape index (κ3) is 2.38. The van der Waals surface area contributed by atoms with Crippen molar-refractivity contribution in [2.75, 3.05) is 31.6 Å². The molecule has 0 spiro atoms. The van der Waals surface area contributed by atoms with E-state index in [2.05, 4.69) is 49.3 Å². The van der Waals surface area contributed by atoms with Crippen molar-refractivity contribution in [1.82, 2.24) is 5.32 Å². The highest BCUT2D eigenvalue weighted by atomic mass is 15.1. The van der Waals surface area contributed by atoms with Crippen molar-refractivity contribution >= 4 is 5.69 Å². The zero-order chi connectivity index (χ0) is 13.5. The summed E-state index contributed by atoms with van der Waals surface area (Å²) in [5, 5.41) is 3.57. The van der Waals surface area contributed by atoms with Gasteiger partial charge in [0.2, 0.25) is 0 Å². The van der Waals surface area contributed by atoms with E-state index < -0.39 is 0 Å². The Morgan fingerprint density at radius 3 is 2.95 bits per heavy atom. The maximum absolute atomic E-state index is 3.57. The molecule has 1 fully saturated rings. The van der Waals surface area contributed by atoms with E-state index in [1.165, 1.54) is 37.1 Å². The molecule has 1 saturated heterocycles. The Morgan fingerprint density at radius 2 is 2.16 bits per heavy atom. The van der Waals surface area contributed by atoms with Crippen molar-refractivity contribution in [2.24, 2.45) is 5.41 Å². The maximum atomic E-state index is 3.57. The zero-order valence-corrected chi connectivity index (χ0v) is 12.5. The van der Waals surface area contributed by atoms with Crippen LogP contribution in [0.15, 0.2) is 18.2 Å². The van der Waals surface area contributed by atoms with Crippen LogP contribution in [-0.2, 0) is 6.42 Å². The summed E-state index contributed by atoms with van der Waals surface area (Å²) in [6, 6.07) is 7.18. The molecule has 1 N–H and O–H groups in total. The molecule has 2 aliphatic heterocycles. The molecule has 0 radical (unpaired) electrons. The summed E-state index contributed by atoms with van der Waals surface area (Å²) in [4.78, 5) is 2.40. The lowest BCUT2D eigenvalue weighted by Crippen LogP contribution is -2.40. The minimum atomic E-state index is 0.417. The fourth-order valence-electron chi connectivity index (χ4n) is 3.70. The van der Waals surface area contributed by atoms with E-state index >= 15 is 0 Å². The third-order valence-corrected chi connectivity index (χ3v) is 5.09. The molecule has 1 atom stereocenters. The Balaban J connectivity index is 1.93. The van der Waals surface area contributed by atoms with E-state index in [-0.39, 0.29) is 0 Å². The van der Waals surface area contributed by atoms with Crippen LogP contribution in [0.1, 0.15) is 43.7 Å². The first-order valence-corrected chi connectivity index (χ1v) is 7.62. The molecule has 3 rings (SSSR count). The molecule has 1 unspecified atom stereocenters. The molecule has 1 aromatic carbocycles. The number of anilines is 1. The second kappa shape index (κ2) is 4.82. The number of benzene rings is 1. The van der Waals surface area contributed by atoms with E-state index in [9.17, 15) is 0 Å². The van der Waals surface area contributed by atoms with Crippen molar-refractivity contribution in [3.63, 3.8) is 0 Å². The molecule has 1 aromatic rings. The van der Waals surface area contributed by atoms with Gasteiger partial charge in [-0.25, -0.2) is 0 Å². The highest BCUT2D eigenvalue weighted by Crippen LogP contribution is 2.41. The van der Waals surface area contributed by atoms with Crippen LogP contribution >= 0.6 is 0 Å². The summed E-state index contributed by atoms with van der Waals surface area (Å²) in [7, 11) is 2.21. The van der Waals surface area contributed by atoms with Gasteiger partial charge in [0, 0.05) is 31.7 Å². The second-order valence-corrected chi connectivity index (χ2v) is 6.91. The zero-order valence-electron chi connectivity index (χ0n) is 12.5. The number of hydrogen-bond donors (Lipinski definition) is 1. The summed E-state index contributed by atoms with van der Waals surface area (Å²) in [5.74, 6) is 0.652. The number of nitrogens with zero attached hydrogens (tertiary/aromatic N) is 1. The topological polar surface area (TPSA) is 15.3 Å². The van der Waals surface area contributed by atoms with E-state index in [0.717, 1.165) is 13.1 Å². The first-order valence-electron chi connectivity index (χ1n) is 7.62. The first-order chi connectivity index (χ1) is 9.08. The number of piperidine rings is 1. The normalized spacial score (nSPS) is 26.1. The van der Waals surface area contributed by atoms with Gasteiger partial charge in [0.1, 0.15) is 0 Å². The summed E-state index contributed by atoms with van der Waals surface area (Å²) >= 11 is 0. The molecule has 0 aromatic heterocycles. The maximum Gasteiger partial charge on any atom is 0.0396 e. The van der Waals surface area contributed by atoms with Crippen molar-refractivity contribution in [2.45, 2.75) is 39.0 Å². The summed E-state index contributed by atoms with van der Waals surface area (Å²) < 4.78 is 0. The second-order valence-electron chi connectivity index (χ2n) is 6.91. The molecular formula is C17H26N2. The van der Waals surface area contributed by atoms with Gasteiger partial charge in [0.15, 0.2) is 0 Å². The Morgan fingerprint density at radius 1 is 1.32 bits per heavy atom. The van der Waals surface area contributed by atoms with Crippen LogP contribution in [0.25, 0.3) is 0 Å². The molecule has 0 bridgehead atoms. The minimum absolute atomic E-state index is 0.417. The highest BCUT2D eigenvalue weighted by molar-refractivity contribution is 5.56. The number of nitrogens with one attached hydrogen (secondary N) is 1. The summed E-state index contributed by atoms with van der Waals surface area (Å²) in [6.07, 6.45) is 3.81. The van der Waals surface area contributed by atoms with Crippen LogP contribution in [-0.4, -0.2) is 26.7 Å². The van der Waals surface area contributed by atoms with Gasteiger partial charge in [0.25, 0.3) is 0 Å². The van der Waals surface area contributed by atoms with Crippen LogP contribution in [0.5, 0.6) is 0 Å². The van der Waals surface area contributed by atoms with Crippen molar-refractivity contribution in [3.8, 4) is 0 Å². The standard InChI is InChI=1S/C17H26N2/c1-17(2)8-9-18-12-15(17)13-6-7-16-14(11-13)5-4-10-19(16)3/h6-7,11,15,18H,4-5,8-10,12H2,1-3H3. The first kappa shape index (κ1) is 13.0. The molecule has 2 aliphatic rings. The lowest BCUT2D eigenvalue weighted by Gasteiger charge is -2.40. The van der Waals surface area contributed by atoms with E-state index in [1.807, 2.05) is 0 Å². The van der Waals surface area contributed by atoms with Crippen molar-refractivity contribution in [1.29, 1.82) is 0 Å². The third-order valence-electron chi connectivity index (χ3n) is 5.09. The van der Waals surface area contributed by atoms with E-state index in [0.29, 0.717) is 11.3 Å². The number of aryl methyl sites for hydroxylation is 1. The average Bonchev–Trinajstić information content (AvgIpc) is 2.38. The smallest absolute Gasteiger partial charge is 0.0396 e. The predicted octanol–water partition coefficient (Wildman–Crippen LogP) is 3.17. The van der Waals surface area contributed by atoms with E-state index in [1.54, 1.807) is 5.56 Å². The van der Waals surface area contributed by atoms with Crippen LogP contribution in [0.3, 0.4) is 0 Å². The van der Waals surface area contributed by atoms with Gasteiger partial charge in [-0.3, -0.25) is 0 Å². The van der Waals surface area contributed by atoms with Gasteiger partial charge >= 0.3 is 0 Å². The van der Waals surface area contributed by atoms with Crippen molar-refractivity contribution in [3.05, 3.63) is 29.3 Å². The van der Waals surface area contributed by atoms with Crippen LogP contribution in [0.4, 0.5) is 5.69 Å². The molecule has 2 heterocycles. The number of rotatable bonds is 1. The van der Waals surface area contributed by atoms with Gasteiger partial charge in [-0.05, 0) is 48.4 Å². The molecular weight excluding hydrogens is 232 g/mol. The predicted molar refractivity (Wildman–Crippen MR) is 82.0 cm³/mol. The Labute approximate surface area is 117 Å². The van der Waals surface area contributed by atoms with Gasteiger partial charge in [0.05, 0.1) is 0 Å². The minimum Gasteiger partial charge on any atom is -0.374 e. The molecule has 2 heteroatoms. The Bertz CT molecular complexity index is 464. The molecule has 0 saturated carbocycles. The fraction of sp³-hybridized carbons (Fsp3) is 0.647. The largest absolute Gasteiger partial charge is 0.374 e. The Kier molecular flexibility index (Phi) is 3.30. The van der Waals surface area contributed by atoms with Crippen LogP contribution in [0, 0.1) is 5.41 Å². The Hall–Kier alpha value is -1.02. The SMILES string of the molecule is CN1CCCc2cc(C3CNCCC3(C)C)ccc21. The van der Waals surface area contributed by atoms with Gasteiger partial charge < -0.3 is 10.2 Å². The average molecular weight is 258 g/mol. The lowest BCUT2D eigenvalue weighted by molar-refractivity contribution is 0.214. The number of hydrogen-bond acceptors (Lipinski definition) is 2. The van der Waals surface area contributed by atoms with Crippen molar-refractivity contribution < 1.29 is 0 Å². The molecule has 0 amide bonds. The van der Waals surface area contributed by atoms with Gasteiger partial charge in [-0.1, -0.05) is 26.0 Å². The lowest BCUT2D eigenvalue weighted by atomic mass is 9.70. The monoisotopic (exact) mass is 258 g/mol. The molecule has 2 nitrogen and oxygen atoms in total. The summed E-state index contributed by atoms with van der Waals surface area (Å²) in [6.45, 7) is 8.33. The van der Waals surface area contributed by atoms with Gasteiger partial charge in [-0.2, -0.15) is 0 Å². The fourth-order valence-corrected chi connectivity index (χ4v) is 3.70. The van der Waals surface area contributed by atoms with E-state index in [4.69, 9.17) is 0 Å². The molecule has 19 heavy (non-hydrogen) atoms. The van der Waals surface area contributed by atoms with Crippen LogP contribution in [0.2, 0.25) is 0 Å². The molecule has 0 aliphatic carbocycles. The quantitative estimate of drug-likeness (QED) is 0.832. The van der Waals surface area contributed by atoms with Gasteiger partial charge in [-0.15, -0.1) is 0 Å². The summed E-state index contributed by atoms with van der Waals surface area (Å²) in [5.41, 5.74) is 4.94. The highest BCUT2D eigenvalue weighted by Gasteiger charge is 2.33. The van der Waals surface area contributed by atoms with Crippen LogP contribution < -0.4 is 10.2 Å². The molecule has 104 valence electrons. The number of fused-ring (bicyclic) bond motifs is 1.